The van der Waals surface area contributed by atoms with Crippen molar-refractivity contribution in [1.82, 2.24) is 0 Å². The van der Waals surface area contributed by atoms with Gasteiger partial charge in [0.2, 0.25) is 5.91 Å². The number of anilines is 3. The molecule has 0 unspecified atom stereocenters. The molecule has 12 nitrogen and oxygen atoms in total. The van der Waals surface area contributed by atoms with Crippen molar-refractivity contribution >= 4 is 34.7 Å². The van der Waals surface area contributed by atoms with E-state index in [-0.39, 0.29) is 57.5 Å². The molecule has 2 amide bonds. The molecule has 4 bridgehead atoms. The zero-order valence-electron chi connectivity index (χ0n) is 61.9. The largest absolute Gasteiger partial charge is 0.399 e. The molecule has 0 spiro atoms. The summed E-state index contributed by atoms with van der Waals surface area (Å²) in [6, 6.07) is 50.6. The molecular weight excluding hydrogens is 1210 g/mol. The third-order valence-corrected chi connectivity index (χ3v) is 16.1. The molecule has 4 heterocycles. The lowest BCUT2D eigenvalue weighted by atomic mass is 9.79. The summed E-state index contributed by atoms with van der Waals surface area (Å²) >= 11 is 0. The number of rotatable bonds is 6. The van der Waals surface area contributed by atoms with Gasteiger partial charge in [-0.1, -0.05) is 229 Å². The van der Waals surface area contributed by atoms with E-state index in [1.54, 1.807) is 12.1 Å². The Morgan fingerprint density at radius 2 is 0.629 bits per heavy atom. The van der Waals surface area contributed by atoms with E-state index in [1.165, 1.54) is 34.7 Å². The zero-order chi connectivity index (χ0) is 71.1. The van der Waals surface area contributed by atoms with Gasteiger partial charge in [0.05, 0.1) is 79.3 Å². The van der Waals surface area contributed by atoms with Crippen LogP contribution in [-0.4, -0.2) is 70.5 Å². The van der Waals surface area contributed by atoms with Crippen molar-refractivity contribution in [1.29, 1.82) is 0 Å². The number of nitrogen functional groups attached to an aromatic ring is 1. The van der Waals surface area contributed by atoms with Crippen molar-refractivity contribution in [3.63, 3.8) is 0 Å². The Morgan fingerprint density at radius 1 is 0.361 bits per heavy atom. The molecule has 0 aliphatic carbocycles. The van der Waals surface area contributed by atoms with Gasteiger partial charge < -0.3 is 44.8 Å². The van der Waals surface area contributed by atoms with Crippen LogP contribution in [0.5, 0.6) is 0 Å². The van der Waals surface area contributed by atoms with Crippen LogP contribution in [-0.2, 0) is 98.6 Å². The fraction of sp³-hybridized carbons (Fsp3) is 0.471. The number of hydrogen-bond donors (Lipinski definition) is 3. The highest BCUT2D eigenvalue weighted by Gasteiger charge is 2.25. The van der Waals surface area contributed by atoms with E-state index in [4.69, 9.17) is 34.2 Å². The Bertz CT molecular complexity index is 3310. The van der Waals surface area contributed by atoms with Crippen LogP contribution in [0.15, 0.2) is 152 Å². The average Bonchev–Trinajstić information content (AvgIpc) is 0.817. The number of nitrogens with one attached hydrogen (secondary N) is 2. The number of amides is 2. The first-order chi connectivity index (χ1) is 44.8. The molecular formula is C85H119N3O9. The van der Waals surface area contributed by atoms with Crippen molar-refractivity contribution in [3.05, 3.63) is 230 Å². The Labute approximate surface area is 584 Å². The lowest BCUT2D eigenvalue weighted by molar-refractivity contribution is -0.114. The average molecular weight is 1330 g/mol. The van der Waals surface area contributed by atoms with Gasteiger partial charge in [-0.2, -0.15) is 0 Å². The monoisotopic (exact) mass is 1330 g/mol. The number of aryl methyl sites for hydroxylation is 1. The normalized spacial score (nSPS) is 14.2. The van der Waals surface area contributed by atoms with E-state index < -0.39 is 0 Å². The fourth-order valence-corrected chi connectivity index (χ4v) is 9.79. The molecule has 12 heteroatoms. The quantitative estimate of drug-likeness (QED) is 0.108. The summed E-state index contributed by atoms with van der Waals surface area (Å²) in [5, 5.41) is 5.69. The smallest absolute Gasteiger partial charge is 0.255 e. The molecule has 0 fully saturated rings. The predicted molar refractivity (Wildman–Crippen MR) is 404 cm³/mol. The van der Waals surface area contributed by atoms with E-state index in [0.29, 0.717) is 97.0 Å². The van der Waals surface area contributed by atoms with Crippen LogP contribution in [0.2, 0.25) is 0 Å². The molecule has 4 N–H and O–H groups in total. The van der Waals surface area contributed by atoms with E-state index in [1.807, 2.05) is 60.7 Å². The van der Waals surface area contributed by atoms with Crippen molar-refractivity contribution in [3.8, 4) is 0 Å². The molecule has 0 saturated carbocycles. The highest BCUT2D eigenvalue weighted by molar-refractivity contribution is 6.04. The van der Waals surface area contributed by atoms with Gasteiger partial charge in [0.25, 0.3) is 5.91 Å². The minimum atomic E-state index is -0.104. The van der Waals surface area contributed by atoms with Crippen molar-refractivity contribution in [2.24, 2.45) is 0 Å². The second kappa shape index (κ2) is 37.6. The fourth-order valence-electron chi connectivity index (χ4n) is 9.79. The van der Waals surface area contributed by atoms with Gasteiger partial charge >= 0.3 is 0 Å². The van der Waals surface area contributed by atoms with Crippen LogP contribution in [0.3, 0.4) is 0 Å². The number of hydrogen-bond acceptors (Lipinski definition) is 10. The summed E-state index contributed by atoms with van der Waals surface area (Å²) in [6.07, 6.45) is 0.345. The van der Waals surface area contributed by atoms with Crippen LogP contribution in [0.25, 0.3) is 0 Å². The topological polar surface area (TPSA) is 157 Å². The van der Waals surface area contributed by atoms with Gasteiger partial charge in [-0.15, -0.1) is 0 Å². The number of ether oxygens (including phenoxy) is 6. The number of Topliss-reactive ketones (excluding diaryl/α,β-unsaturated/α-hetero) is 1. The number of nitrogens with two attached hydrogens (primary N) is 1. The maximum absolute atomic E-state index is 13.0. The van der Waals surface area contributed by atoms with Crippen LogP contribution in [0.1, 0.15) is 226 Å². The third-order valence-electron chi connectivity index (χ3n) is 16.1. The van der Waals surface area contributed by atoms with Gasteiger partial charge in [-0.3, -0.25) is 14.4 Å². The van der Waals surface area contributed by atoms with Gasteiger partial charge in [-0.05, 0) is 161 Å². The van der Waals surface area contributed by atoms with Crippen LogP contribution >= 0.6 is 0 Å². The van der Waals surface area contributed by atoms with E-state index in [0.717, 1.165) is 55.9 Å². The predicted octanol–water partition coefficient (Wildman–Crippen LogP) is 19.5. The minimum Gasteiger partial charge on any atom is -0.399 e. The molecule has 0 aromatic heterocycles. The van der Waals surface area contributed by atoms with Gasteiger partial charge in [0, 0.05) is 41.5 Å². The second-order valence-corrected chi connectivity index (χ2v) is 31.3. The molecule has 0 radical (unpaired) electrons. The Morgan fingerprint density at radius 3 is 0.928 bits per heavy atom. The number of carbonyl (C=O) groups excluding carboxylic acids is 3. The molecule has 7 aromatic carbocycles. The lowest BCUT2D eigenvalue weighted by Crippen LogP contribution is -2.20. The molecule has 11 rings (SSSR count). The second-order valence-electron chi connectivity index (χ2n) is 31.3. The molecule has 4 aliphatic rings. The van der Waals surface area contributed by atoms with E-state index in [9.17, 15) is 14.4 Å². The Kier molecular flexibility index (Phi) is 31.8. The summed E-state index contributed by atoms with van der Waals surface area (Å²) in [5.74, 6) is -0.0946. The molecule has 7 aromatic rings. The molecule has 4 aliphatic heterocycles. The first-order valence-electron chi connectivity index (χ1n) is 34.0. The highest BCUT2D eigenvalue weighted by atomic mass is 16.5. The summed E-state index contributed by atoms with van der Waals surface area (Å²) in [7, 11) is 0. The highest BCUT2D eigenvalue weighted by Crippen LogP contribution is 2.34. The summed E-state index contributed by atoms with van der Waals surface area (Å²) in [4.78, 5) is 36.8. The van der Waals surface area contributed by atoms with Crippen molar-refractivity contribution in [2.75, 3.05) is 69.2 Å². The standard InChI is InChI=1S/C24H31NO2.C24H32O6.C21H28N2O.C15H24.CH4/c1-16(26)25-21-10-8-17(9-11-21)12-22(27)18-13-19(23(2,3)4)15-20(14-18)24(5,6)7;1-2-22-4-3-21(1)17-27-13-9-25-11-15-29-19-23-5-7-24(8-6-23)20-30-16-12-26-10-14-28-18-22;1-20(2,3)15-11-14(12-16(13-15)21(4,5)6)19(24)23-18-9-7-17(22)8-10-18;1-11-8-12(14(2,3)4)10-13(9-11)15(5,6)7;/h8-11,13-15H,12H2,1-7H3,(H,25,26);1-8H,9-20H2;7-13H,22H2,1-6H3,(H,23,24);8-10H,1-7H3;1H4. The van der Waals surface area contributed by atoms with E-state index >= 15 is 0 Å². The van der Waals surface area contributed by atoms with Crippen LogP contribution < -0.4 is 16.4 Å². The number of carbonyl (C=O) groups is 3. The summed E-state index contributed by atoms with van der Waals surface area (Å²) in [5.41, 5.74) is 24.1. The van der Waals surface area contributed by atoms with Crippen molar-refractivity contribution < 1.29 is 42.8 Å². The minimum absolute atomic E-state index is 0. The summed E-state index contributed by atoms with van der Waals surface area (Å²) < 4.78 is 33.8. The van der Waals surface area contributed by atoms with Gasteiger partial charge in [-0.25, -0.2) is 0 Å². The van der Waals surface area contributed by atoms with Gasteiger partial charge in [0.1, 0.15) is 0 Å². The number of ketones is 1. The van der Waals surface area contributed by atoms with Crippen molar-refractivity contribution in [2.45, 2.75) is 211 Å². The lowest BCUT2D eigenvalue weighted by Gasteiger charge is -2.26. The molecule has 0 saturated heterocycles. The third kappa shape index (κ3) is 30.2. The first kappa shape index (κ1) is 82.1. The Hall–Kier alpha value is -7.29. The Balaban J connectivity index is 0.000000281. The van der Waals surface area contributed by atoms with Crippen LogP contribution in [0, 0.1) is 6.92 Å². The van der Waals surface area contributed by atoms with Crippen LogP contribution in [0.4, 0.5) is 17.1 Å². The van der Waals surface area contributed by atoms with Gasteiger partial charge in [0.15, 0.2) is 5.78 Å². The molecule has 0 atom stereocenters. The number of benzene rings is 7. The zero-order valence-corrected chi connectivity index (χ0v) is 61.9. The molecule has 528 valence electrons. The maximum atomic E-state index is 13.0. The molecule has 97 heavy (non-hydrogen) atoms. The maximum Gasteiger partial charge on any atom is 0.255 e. The summed E-state index contributed by atoms with van der Waals surface area (Å²) in [6.45, 7) is 50.1. The van der Waals surface area contributed by atoms with E-state index in [2.05, 4.69) is 221 Å². The SMILES string of the molecule is C.CC(=O)Nc1ccc(CC(=O)c2cc(C(C)(C)C)cc(C(C)(C)C)c2)cc1.CC(C)(C)c1cc(C(=O)Nc2ccc(N)cc2)cc(C(C)(C)C)c1.Cc1cc(C(C)(C)C)cc(C(C)(C)C)c1.c1cc2ccc1COCCOCCOCc1ccc(cc1)COCCOCCOC2. The first-order valence-corrected chi connectivity index (χ1v) is 34.0.